The molecule has 1 heterocycles. The normalized spacial score (nSPS) is 11.2. The molecule has 4 nitrogen and oxygen atoms in total. The van der Waals surface area contributed by atoms with Gasteiger partial charge in [-0.2, -0.15) is 13.5 Å². The van der Waals surface area contributed by atoms with Crippen molar-refractivity contribution in [3.8, 4) is 11.6 Å². The minimum Gasteiger partial charge on any atom is -0.415 e. The first-order chi connectivity index (χ1) is 8.58. The zero-order valence-corrected chi connectivity index (χ0v) is 8.80. The second kappa shape index (κ2) is 5.03. The van der Waals surface area contributed by atoms with E-state index < -0.39 is 13.0 Å². The summed E-state index contributed by atoms with van der Waals surface area (Å²) in [5, 5.41) is 6.90. The molecule has 18 heavy (non-hydrogen) atoms. The predicted octanol–water partition coefficient (Wildman–Crippen LogP) is 2.81. The van der Waals surface area contributed by atoms with Crippen LogP contribution in [0.4, 0.5) is 17.6 Å². The van der Waals surface area contributed by atoms with Crippen molar-refractivity contribution in [1.82, 2.24) is 15.0 Å². The van der Waals surface area contributed by atoms with Gasteiger partial charge in [0, 0.05) is 5.56 Å². The van der Waals surface area contributed by atoms with Crippen LogP contribution in [0.3, 0.4) is 0 Å². The Kier molecular flexibility index (Phi) is 3.45. The van der Waals surface area contributed by atoms with Gasteiger partial charge in [0.25, 0.3) is 6.43 Å². The van der Waals surface area contributed by atoms with Gasteiger partial charge in [0.2, 0.25) is 5.88 Å². The maximum atomic E-state index is 12.5. The molecule has 0 unspecified atom stereocenters. The van der Waals surface area contributed by atoms with Gasteiger partial charge in [0.05, 0.1) is 5.69 Å². The molecule has 0 saturated carbocycles. The van der Waals surface area contributed by atoms with E-state index in [1.54, 1.807) is 0 Å². The van der Waals surface area contributed by atoms with E-state index in [9.17, 15) is 17.6 Å². The maximum absolute atomic E-state index is 12.5. The fraction of sp³-hybridized carbons (Fsp3) is 0.200. The molecular weight excluding hydrogens is 254 g/mol. The third-order valence-electron chi connectivity index (χ3n) is 2.09. The van der Waals surface area contributed by atoms with Gasteiger partial charge in [0.15, 0.2) is 0 Å². The summed E-state index contributed by atoms with van der Waals surface area (Å²) in [6.07, 6.45) is -1.69. The summed E-state index contributed by atoms with van der Waals surface area (Å²) in [6, 6.07) is 5.14. The topological polar surface area (TPSA) is 39.9 Å². The first kappa shape index (κ1) is 12.3. The average molecular weight is 261 g/mol. The van der Waals surface area contributed by atoms with Crippen LogP contribution in [0.5, 0.6) is 5.88 Å². The Balaban J connectivity index is 2.36. The first-order valence-electron chi connectivity index (χ1n) is 4.82. The van der Waals surface area contributed by atoms with Gasteiger partial charge >= 0.3 is 6.61 Å². The van der Waals surface area contributed by atoms with E-state index in [0.29, 0.717) is 0 Å². The van der Waals surface area contributed by atoms with Crippen LogP contribution in [0.25, 0.3) is 5.69 Å². The monoisotopic (exact) mass is 261 g/mol. The van der Waals surface area contributed by atoms with Crippen LogP contribution < -0.4 is 4.74 Å². The maximum Gasteiger partial charge on any atom is 0.388 e. The highest BCUT2D eigenvalue weighted by atomic mass is 19.3. The molecule has 0 aliphatic rings. The van der Waals surface area contributed by atoms with E-state index in [1.165, 1.54) is 18.2 Å². The number of alkyl halides is 4. The third-order valence-corrected chi connectivity index (χ3v) is 2.09. The van der Waals surface area contributed by atoms with Gasteiger partial charge in [-0.3, -0.25) is 0 Å². The van der Waals surface area contributed by atoms with Crippen molar-refractivity contribution in [3.63, 3.8) is 0 Å². The van der Waals surface area contributed by atoms with Crippen LogP contribution in [0, 0.1) is 0 Å². The van der Waals surface area contributed by atoms with Gasteiger partial charge < -0.3 is 4.74 Å². The average Bonchev–Trinajstić information content (AvgIpc) is 2.76. The van der Waals surface area contributed by atoms with Crippen molar-refractivity contribution >= 4 is 0 Å². The van der Waals surface area contributed by atoms with Crippen LogP contribution in [0.1, 0.15) is 12.0 Å². The standard InChI is InChI=1S/C10H7F4N3O/c11-9(12)6-2-1-3-7(4-6)17-8(5-15-16-17)18-10(13)14/h1-5,9-10H. The van der Waals surface area contributed by atoms with Crippen LogP contribution >= 0.6 is 0 Å². The van der Waals surface area contributed by atoms with Gasteiger partial charge in [0.1, 0.15) is 6.20 Å². The van der Waals surface area contributed by atoms with Crippen LogP contribution in [0.15, 0.2) is 30.5 Å². The number of aromatic nitrogens is 3. The molecule has 0 spiro atoms. The van der Waals surface area contributed by atoms with Crippen molar-refractivity contribution in [2.24, 2.45) is 0 Å². The molecule has 2 aromatic rings. The number of rotatable bonds is 4. The Morgan fingerprint density at radius 1 is 1.17 bits per heavy atom. The zero-order valence-electron chi connectivity index (χ0n) is 8.80. The number of hydrogen-bond donors (Lipinski definition) is 0. The number of ether oxygens (including phenoxy) is 1. The SMILES string of the molecule is FC(F)Oc1cnnn1-c1cccc(C(F)F)c1. The minimum atomic E-state index is -3.04. The van der Waals surface area contributed by atoms with E-state index in [0.717, 1.165) is 16.9 Å². The molecule has 0 aliphatic carbocycles. The molecule has 1 aromatic heterocycles. The number of nitrogens with zero attached hydrogens (tertiary/aromatic N) is 3. The quantitative estimate of drug-likeness (QED) is 0.794. The molecule has 1 aromatic carbocycles. The van der Waals surface area contributed by atoms with Crippen LogP contribution in [-0.4, -0.2) is 21.6 Å². The second-order valence-corrected chi connectivity index (χ2v) is 3.26. The fourth-order valence-corrected chi connectivity index (χ4v) is 1.37. The summed E-state index contributed by atoms with van der Waals surface area (Å²) in [7, 11) is 0. The highest BCUT2D eigenvalue weighted by Crippen LogP contribution is 2.23. The van der Waals surface area contributed by atoms with E-state index in [2.05, 4.69) is 15.0 Å². The van der Waals surface area contributed by atoms with Gasteiger partial charge in [-0.1, -0.05) is 17.3 Å². The molecule has 0 radical (unpaired) electrons. The lowest BCUT2D eigenvalue weighted by Gasteiger charge is -2.08. The molecule has 2 rings (SSSR count). The number of benzene rings is 1. The van der Waals surface area contributed by atoms with Gasteiger partial charge in [-0.25, -0.2) is 8.78 Å². The molecular formula is C10H7F4N3O. The van der Waals surface area contributed by atoms with E-state index in [1.807, 2.05) is 0 Å². The molecule has 0 fully saturated rings. The van der Waals surface area contributed by atoms with Crippen LogP contribution in [0.2, 0.25) is 0 Å². The minimum absolute atomic E-state index is 0.168. The molecule has 0 atom stereocenters. The third kappa shape index (κ3) is 2.58. The Morgan fingerprint density at radius 3 is 2.61 bits per heavy atom. The summed E-state index contributed by atoms with van der Waals surface area (Å²) in [6.45, 7) is -3.04. The molecule has 0 aliphatic heterocycles. The summed E-state index contributed by atoms with van der Waals surface area (Å²) in [4.78, 5) is 0. The predicted molar refractivity (Wildman–Crippen MR) is 52.9 cm³/mol. The number of hydrogen-bond acceptors (Lipinski definition) is 3. The summed E-state index contributed by atoms with van der Waals surface area (Å²) >= 11 is 0. The Hall–Kier alpha value is -2.12. The van der Waals surface area contributed by atoms with Crippen molar-refractivity contribution in [3.05, 3.63) is 36.0 Å². The second-order valence-electron chi connectivity index (χ2n) is 3.26. The first-order valence-corrected chi connectivity index (χ1v) is 4.82. The lowest BCUT2D eigenvalue weighted by molar-refractivity contribution is -0.0544. The molecule has 0 bridgehead atoms. The van der Waals surface area contributed by atoms with Crippen molar-refractivity contribution in [2.75, 3.05) is 0 Å². The lowest BCUT2D eigenvalue weighted by atomic mass is 10.2. The lowest BCUT2D eigenvalue weighted by Crippen LogP contribution is -2.08. The highest BCUT2D eigenvalue weighted by Gasteiger charge is 2.14. The molecule has 8 heteroatoms. The molecule has 0 amide bonds. The highest BCUT2D eigenvalue weighted by molar-refractivity contribution is 5.37. The van der Waals surface area contributed by atoms with E-state index in [-0.39, 0.29) is 17.1 Å². The molecule has 96 valence electrons. The molecule has 0 saturated heterocycles. The van der Waals surface area contributed by atoms with E-state index >= 15 is 0 Å². The van der Waals surface area contributed by atoms with E-state index in [4.69, 9.17) is 0 Å². The van der Waals surface area contributed by atoms with Crippen LogP contribution in [-0.2, 0) is 0 Å². The largest absolute Gasteiger partial charge is 0.415 e. The Bertz CT molecular complexity index is 529. The fourth-order valence-electron chi connectivity index (χ4n) is 1.37. The molecule has 0 N–H and O–H groups in total. The van der Waals surface area contributed by atoms with Crippen molar-refractivity contribution < 1.29 is 22.3 Å². The summed E-state index contributed by atoms with van der Waals surface area (Å²) in [5.74, 6) is -0.323. The van der Waals surface area contributed by atoms with Crippen molar-refractivity contribution in [2.45, 2.75) is 13.0 Å². The smallest absolute Gasteiger partial charge is 0.388 e. The number of halogens is 4. The zero-order chi connectivity index (χ0) is 13.1. The summed E-state index contributed by atoms with van der Waals surface area (Å²) < 4.78 is 54.3. The Labute approximate surface area is 98.8 Å². The summed E-state index contributed by atoms with van der Waals surface area (Å²) in [5.41, 5.74) is -0.0769. The van der Waals surface area contributed by atoms with Gasteiger partial charge in [-0.15, -0.1) is 5.10 Å². The van der Waals surface area contributed by atoms with Gasteiger partial charge in [-0.05, 0) is 12.1 Å². The van der Waals surface area contributed by atoms with Crippen molar-refractivity contribution in [1.29, 1.82) is 0 Å². The Morgan fingerprint density at radius 2 is 1.94 bits per heavy atom.